The van der Waals surface area contributed by atoms with E-state index < -0.39 is 0 Å². The summed E-state index contributed by atoms with van der Waals surface area (Å²) in [7, 11) is 0. The maximum atomic E-state index is 5.30. The van der Waals surface area contributed by atoms with Crippen LogP contribution in [-0.2, 0) is 0 Å². The standard InChI is InChI=1S/C16H17BrN2S2/c1-12-11-13(7-8-15(12)17)19-16(20)18-9-10-21-14-5-3-2-4-6-14/h2-8,11H,9-10H2,1H3,(H2,18,19,20). The predicted molar refractivity (Wildman–Crippen MR) is 100 cm³/mol. The lowest BCUT2D eigenvalue weighted by Gasteiger charge is -2.11. The van der Waals surface area contributed by atoms with Crippen molar-refractivity contribution in [3.05, 3.63) is 58.6 Å². The van der Waals surface area contributed by atoms with E-state index in [1.54, 1.807) is 0 Å². The van der Waals surface area contributed by atoms with Crippen LogP contribution >= 0.6 is 39.9 Å². The number of rotatable bonds is 5. The van der Waals surface area contributed by atoms with Crippen LogP contribution in [0.2, 0.25) is 0 Å². The van der Waals surface area contributed by atoms with Crippen molar-refractivity contribution >= 4 is 50.7 Å². The molecule has 0 aliphatic heterocycles. The summed E-state index contributed by atoms with van der Waals surface area (Å²) in [5.74, 6) is 0.977. The Morgan fingerprint density at radius 3 is 2.67 bits per heavy atom. The van der Waals surface area contributed by atoms with E-state index in [0.717, 1.165) is 22.5 Å². The van der Waals surface area contributed by atoms with E-state index in [2.05, 4.69) is 63.8 Å². The Kier molecular flexibility index (Phi) is 6.54. The van der Waals surface area contributed by atoms with Crippen LogP contribution in [-0.4, -0.2) is 17.4 Å². The molecular formula is C16H17BrN2S2. The fourth-order valence-electron chi connectivity index (χ4n) is 1.75. The summed E-state index contributed by atoms with van der Waals surface area (Å²) in [6.45, 7) is 2.89. The Labute approximate surface area is 143 Å². The molecule has 0 radical (unpaired) electrons. The molecule has 0 atom stereocenters. The molecule has 2 aromatic carbocycles. The summed E-state index contributed by atoms with van der Waals surface area (Å²) >= 11 is 10.6. The first-order chi connectivity index (χ1) is 10.1. The first-order valence-electron chi connectivity index (χ1n) is 6.64. The van der Waals surface area contributed by atoms with E-state index in [1.807, 2.05) is 30.0 Å². The zero-order chi connectivity index (χ0) is 15.1. The molecule has 0 spiro atoms. The van der Waals surface area contributed by atoms with Crippen LogP contribution in [0.5, 0.6) is 0 Å². The molecule has 0 aromatic heterocycles. The lowest BCUT2D eigenvalue weighted by molar-refractivity contribution is 0.990. The Morgan fingerprint density at radius 2 is 1.95 bits per heavy atom. The van der Waals surface area contributed by atoms with Crippen LogP contribution < -0.4 is 10.6 Å². The molecule has 2 N–H and O–H groups in total. The Morgan fingerprint density at radius 1 is 1.19 bits per heavy atom. The van der Waals surface area contributed by atoms with Gasteiger partial charge >= 0.3 is 0 Å². The van der Waals surface area contributed by atoms with Gasteiger partial charge in [-0.1, -0.05) is 34.1 Å². The number of halogens is 1. The molecular weight excluding hydrogens is 364 g/mol. The number of nitrogens with one attached hydrogen (secondary N) is 2. The van der Waals surface area contributed by atoms with Gasteiger partial charge in [-0.3, -0.25) is 0 Å². The van der Waals surface area contributed by atoms with Crippen molar-refractivity contribution in [3.63, 3.8) is 0 Å². The summed E-state index contributed by atoms with van der Waals surface area (Å²) in [6, 6.07) is 16.5. The van der Waals surface area contributed by atoms with Crippen LogP contribution in [0.1, 0.15) is 5.56 Å². The van der Waals surface area contributed by atoms with Gasteiger partial charge in [-0.05, 0) is 55.0 Å². The van der Waals surface area contributed by atoms with Gasteiger partial charge in [0.25, 0.3) is 0 Å². The topological polar surface area (TPSA) is 24.1 Å². The predicted octanol–water partition coefficient (Wildman–Crippen LogP) is 4.84. The third-order valence-corrected chi connectivity index (χ3v) is 4.97. The Balaban J connectivity index is 1.71. The first-order valence-corrected chi connectivity index (χ1v) is 8.83. The third-order valence-electron chi connectivity index (χ3n) is 2.82. The highest BCUT2D eigenvalue weighted by molar-refractivity contribution is 9.10. The lowest BCUT2D eigenvalue weighted by atomic mass is 10.2. The Hall–Kier alpha value is -1.04. The number of thiocarbonyl (C=S) groups is 1. The minimum Gasteiger partial charge on any atom is -0.362 e. The smallest absolute Gasteiger partial charge is 0.170 e. The van der Waals surface area contributed by atoms with E-state index in [4.69, 9.17) is 12.2 Å². The number of thioether (sulfide) groups is 1. The van der Waals surface area contributed by atoms with Gasteiger partial charge in [-0.2, -0.15) is 0 Å². The van der Waals surface area contributed by atoms with Gasteiger partial charge in [0, 0.05) is 27.4 Å². The van der Waals surface area contributed by atoms with Gasteiger partial charge in [0.15, 0.2) is 5.11 Å². The Bertz CT molecular complexity index is 602. The monoisotopic (exact) mass is 380 g/mol. The summed E-state index contributed by atoms with van der Waals surface area (Å²) in [6.07, 6.45) is 0. The van der Waals surface area contributed by atoms with E-state index in [0.29, 0.717) is 5.11 Å². The highest BCUT2D eigenvalue weighted by atomic mass is 79.9. The summed E-state index contributed by atoms with van der Waals surface area (Å²) < 4.78 is 1.10. The zero-order valence-electron chi connectivity index (χ0n) is 11.7. The average molecular weight is 381 g/mol. The third kappa shape index (κ3) is 5.69. The molecule has 0 amide bonds. The molecule has 0 bridgehead atoms. The normalized spacial score (nSPS) is 10.2. The number of hydrogen-bond acceptors (Lipinski definition) is 2. The molecule has 2 aromatic rings. The molecule has 0 heterocycles. The van der Waals surface area contributed by atoms with Crippen molar-refractivity contribution < 1.29 is 0 Å². The van der Waals surface area contributed by atoms with E-state index >= 15 is 0 Å². The average Bonchev–Trinajstić information content (AvgIpc) is 2.49. The van der Waals surface area contributed by atoms with Crippen LogP contribution in [0.25, 0.3) is 0 Å². The van der Waals surface area contributed by atoms with Crippen molar-refractivity contribution in [2.75, 3.05) is 17.6 Å². The molecule has 2 rings (SSSR count). The quantitative estimate of drug-likeness (QED) is 0.440. The highest BCUT2D eigenvalue weighted by Gasteiger charge is 2.00. The van der Waals surface area contributed by atoms with Crippen LogP contribution in [0.3, 0.4) is 0 Å². The van der Waals surface area contributed by atoms with Crippen molar-refractivity contribution in [1.82, 2.24) is 5.32 Å². The van der Waals surface area contributed by atoms with Crippen molar-refractivity contribution in [2.24, 2.45) is 0 Å². The highest BCUT2D eigenvalue weighted by Crippen LogP contribution is 2.20. The molecule has 0 saturated heterocycles. The molecule has 0 unspecified atom stereocenters. The molecule has 2 nitrogen and oxygen atoms in total. The number of aryl methyl sites for hydroxylation is 1. The first kappa shape index (κ1) is 16.3. The lowest BCUT2D eigenvalue weighted by Crippen LogP contribution is -2.30. The van der Waals surface area contributed by atoms with Crippen LogP contribution in [0, 0.1) is 6.92 Å². The second-order valence-corrected chi connectivity index (χ2v) is 6.94. The van der Waals surface area contributed by atoms with E-state index in [1.165, 1.54) is 10.5 Å². The second-order valence-electron chi connectivity index (χ2n) is 4.51. The summed E-state index contributed by atoms with van der Waals surface area (Å²) in [5, 5.41) is 7.08. The fourth-order valence-corrected chi connectivity index (χ4v) is 3.00. The van der Waals surface area contributed by atoms with E-state index in [9.17, 15) is 0 Å². The van der Waals surface area contributed by atoms with Crippen molar-refractivity contribution in [2.45, 2.75) is 11.8 Å². The number of anilines is 1. The number of hydrogen-bond donors (Lipinski definition) is 2. The zero-order valence-corrected chi connectivity index (χ0v) is 14.9. The summed E-state index contributed by atoms with van der Waals surface area (Å²) in [5.41, 5.74) is 2.19. The van der Waals surface area contributed by atoms with Crippen molar-refractivity contribution in [3.8, 4) is 0 Å². The largest absolute Gasteiger partial charge is 0.362 e. The molecule has 0 aliphatic rings. The maximum Gasteiger partial charge on any atom is 0.170 e. The number of benzene rings is 2. The maximum absolute atomic E-state index is 5.30. The van der Waals surface area contributed by atoms with Gasteiger partial charge < -0.3 is 10.6 Å². The minimum absolute atomic E-state index is 0.658. The molecule has 110 valence electrons. The van der Waals surface area contributed by atoms with Gasteiger partial charge in [0.05, 0.1) is 0 Å². The van der Waals surface area contributed by atoms with E-state index in [-0.39, 0.29) is 0 Å². The molecule has 0 saturated carbocycles. The van der Waals surface area contributed by atoms with Gasteiger partial charge in [-0.25, -0.2) is 0 Å². The van der Waals surface area contributed by atoms with Crippen LogP contribution in [0.15, 0.2) is 57.9 Å². The SMILES string of the molecule is Cc1cc(NC(=S)NCCSc2ccccc2)ccc1Br. The van der Waals surface area contributed by atoms with Gasteiger partial charge in [0.1, 0.15) is 0 Å². The molecule has 21 heavy (non-hydrogen) atoms. The summed E-state index contributed by atoms with van der Waals surface area (Å²) in [4.78, 5) is 1.28. The molecule has 5 heteroatoms. The van der Waals surface area contributed by atoms with Crippen LogP contribution in [0.4, 0.5) is 5.69 Å². The molecule has 0 aliphatic carbocycles. The van der Waals surface area contributed by atoms with Gasteiger partial charge in [0.2, 0.25) is 0 Å². The fraction of sp³-hybridized carbons (Fsp3) is 0.188. The van der Waals surface area contributed by atoms with Gasteiger partial charge in [-0.15, -0.1) is 11.8 Å². The minimum atomic E-state index is 0.658. The molecule has 0 fully saturated rings. The second kappa shape index (κ2) is 8.41. The van der Waals surface area contributed by atoms with Crippen molar-refractivity contribution in [1.29, 1.82) is 0 Å².